The highest BCUT2D eigenvalue weighted by Gasteiger charge is 2.33. The van der Waals surface area contributed by atoms with Gasteiger partial charge in [0.25, 0.3) is 5.91 Å². The van der Waals surface area contributed by atoms with E-state index in [-0.39, 0.29) is 11.9 Å². The SMILES string of the molecule is CNc1cc(C2CCCN2C(=O)c2n[nH]c3ccccc23)nc(C)n1. The summed E-state index contributed by atoms with van der Waals surface area (Å²) in [6, 6.07) is 9.57. The van der Waals surface area contributed by atoms with Gasteiger partial charge in [-0.15, -0.1) is 0 Å². The van der Waals surface area contributed by atoms with Crippen molar-refractivity contribution in [3.8, 4) is 0 Å². The minimum absolute atomic E-state index is 0.0447. The molecule has 1 atom stereocenters. The second kappa shape index (κ2) is 6.16. The van der Waals surface area contributed by atoms with Crippen molar-refractivity contribution in [1.29, 1.82) is 0 Å². The van der Waals surface area contributed by atoms with Gasteiger partial charge in [-0.3, -0.25) is 9.89 Å². The summed E-state index contributed by atoms with van der Waals surface area (Å²) in [5.41, 5.74) is 2.22. The van der Waals surface area contributed by atoms with Gasteiger partial charge in [-0.25, -0.2) is 9.97 Å². The summed E-state index contributed by atoms with van der Waals surface area (Å²) in [4.78, 5) is 23.9. The molecule has 1 fully saturated rings. The van der Waals surface area contributed by atoms with Gasteiger partial charge in [-0.05, 0) is 25.8 Å². The summed E-state index contributed by atoms with van der Waals surface area (Å²) in [5.74, 6) is 1.42. The first-order chi connectivity index (χ1) is 12.2. The molecule has 2 N–H and O–H groups in total. The smallest absolute Gasteiger partial charge is 0.275 e. The molecule has 0 radical (unpaired) electrons. The molecule has 1 saturated heterocycles. The molecule has 1 amide bonds. The summed E-state index contributed by atoms with van der Waals surface area (Å²) < 4.78 is 0. The Bertz CT molecular complexity index is 934. The molecule has 3 heterocycles. The van der Waals surface area contributed by atoms with Crippen molar-refractivity contribution < 1.29 is 4.79 Å². The zero-order valence-corrected chi connectivity index (χ0v) is 14.3. The Labute approximate surface area is 145 Å². The predicted octanol–water partition coefficient (Wildman–Crippen LogP) is 2.68. The maximum atomic E-state index is 13.1. The van der Waals surface area contributed by atoms with Gasteiger partial charge in [0.1, 0.15) is 11.6 Å². The maximum Gasteiger partial charge on any atom is 0.275 e. The van der Waals surface area contributed by atoms with E-state index in [1.165, 1.54) is 0 Å². The van der Waals surface area contributed by atoms with E-state index < -0.39 is 0 Å². The second-order valence-corrected chi connectivity index (χ2v) is 6.25. The Kier molecular flexibility index (Phi) is 3.83. The van der Waals surface area contributed by atoms with Crippen LogP contribution in [0.15, 0.2) is 30.3 Å². The zero-order valence-electron chi connectivity index (χ0n) is 14.3. The lowest BCUT2D eigenvalue weighted by Gasteiger charge is -2.24. The first kappa shape index (κ1) is 15.6. The summed E-state index contributed by atoms with van der Waals surface area (Å²) >= 11 is 0. The van der Waals surface area contributed by atoms with E-state index in [2.05, 4.69) is 25.5 Å². The number of nitrogens with zero attached hydrogens (tertiary/aromatic N) is 4. The molecule has 3 aromatic rings. The molecule has 0 bridgehead atoms. The normalized spacial score (nSPS) is 17.2. The first-order valence-corrected chi connectivity index (χ1v) is 8.45. The molecular formula is C18H20N6O. The van der Waals surface area contributed by atoms with Crippen LogP contribution in [-0.4, -0.2) is 44.6 Å². The predicted molar refractivity (Wildman–Crippen MR) is 95.4 cm³/mol. The van der Waals surface area contributed by atoms with Crippen molar-refractivity contribution in [2.24, 2.45) is 0 Å². The van der Waals surface area contributed by atoms with Crippen LogP contribution < -0.4 is 5.32 Å². The molecule has 1 unspecified atom stereocenters. The largest absolute Gasteiger partial charge is 0.373 e. The van der Waals surface area contributed by atoms with E-state index in [1.807, 2.05) is 49.2 Å². The Morgan fingerprint density at radius 3 is 3.00 bits per heavy atom. The quantitative estimate of drug-likeness (QED) is 0.768. The molecular weight excluding hydrogens is 316 g/mol. The first-order valence-electron chi connectivity index (χ1n) is 8.45. The Morgan fingerprint density at radius 1 is 1.32 bits per heavy atom. The number of para-hydroxylation sites is 1. The molecule has 0 saturated carbocycles. The monoisotopic (exact) mass is 336 g/mol. The lowest BCUT2D eigenvalue weighted by Crippen LogP contribution is -2.31. The number of nitrogens with one attached hydrogen (secondary N) is 2. The van der Waals surface area contributed by atoms with Crippen LogP contribution in [0.5, 0.6) is 0 Å². The second-order valence-electron chi connectivity index (χ2n) is 6.25. The van der Waals surface area contributed by atoms with Crippen LogP contribution in [0, 0.1) is 6.92 Å². The Hall–Kier alpha value is -2.96. The molecule has 4 rings (SSSR count). The molecule has 1 aromatic carbocycles. The number of H-pyrrole nitrogens is 1. The number of aromatic nitrogens is 4. The van der Waals surface area contributed by atoms with Crippen molar-refractivity contribution in [2.45, 2.75) is 25.8 Å². The number of hydrogen-bond donors (Lipinski definition) is 2. The number of benzene rings is 1. The van der Waals surface area contributed by atoms with Crippen LogP contribution >= 0.6 is 0 Å². The highest BCUT2D eigenvalue weighted by molar-refractivity contribution is 6.04. The highest BCUT2D eigenvalue weighted by Crippen LogP contribution is 2.33. The summed E-state index contributed by atoms with van der Waals surface area (Å²) in [7, 11) is 1.83. The van der Waals surface area contributed by atoms with E-state index in [0.29, 0.717) is 18.1 Å². The van der Waals surface area contributed by atoms with Crippen LogP contribution in [-0.2, 0) is 0 Å². The number of likely N-dealkylation sites (tertiary alicyclic amines) is 1. The average Bonchev–Trinajstić information content (AvgIpc) is 3.27. The minimum atomic E-state index is -0.0535. The number of hydrogen-bond acceptors (Lipinski definition) is 5. The fourth-order valence-electron chi connectivity index (χ4n) is 3.47. The van der Waals surface area contributed by atoms with Gasteiger partial charge in [0.05, 0.1) is 17.3 Å². The fraction of sp³-hybridized carbons (Fsp3) is 0.333. The highest BCUT2D eigenvalue weighted by atomic mass is 16.2. The zero-order chi connectivity index (χ0) is 17.4. The van der Waals surface area contributed by atoms with E-state index in [0.717, 1.165) is 35.3 Å². The third kappa shape index (κ3) is 2.71. The number of carbonyl (C=O) groups is 1. The van der Waals surface area contributed by atoms with Crippen molar-refractivity contribution in [2.75, 3.05) is 18.9 Å². The molecule has 7 nitrogen and oxygen atoms in total. The van der Waals surface area contributed by atoms with Gasteiger partial charge in [-0.1, -0.05) is 18.2 Å². The molecule has 0 spiro atoms. The third-order valence-corrected chi connectivity index (χ3v) is 4.64. The van der Waals surface area contributed by atoms with Gasteiger partial charge in [-0.2, -0.15) is 5.10 Å². The van der Waals surface area contributed by atoms with Crippen molar-refractivity contribution in [1.82, 2.24) is 25.1 Å². The summed E-state index contributed by atoms with van der Waals surface area (Å²) in [6.45, 7) is 2.58. The average molecular weight is 336 g/mol. The van der Waals surface area contributed by atoms with Crippen LogP contribution in [0.2, 0.25) is 0 Å². The Morgan fingerprint density at radius 2 is 2.16 bits per heavy atom. The number of rotatable bonds is 3. The van der Waals surface area contributed by atoms with E-state index in [4.69, 9.17) is 0 Å². The minimum Gasteiger partial charge on any atom is -0.373 e. The Balaban J connectivity index is 1.70. The molecule has 2 aromatic heterocycles. The van der Waals surface area contributed by atoms with Gasteiger partial charge in [0, 0.05) is 25.0 Å². The molecule has 25 heavy (non-hydrogen) atoms. The van der Waals surface area contributed by atoms with E-state index >= 15 is 0 Å². The van der Waals surface area contributed by atoms with Crippen LogP contribution in [0.4, 0.5) is 5.82 Å². The van der Waals surface area contributed by atoms with Crippen LogP contribution in [0.1, 0.15) is 40.9 Å². The van der Waals surface area contributed by atoms with Gasteiger partial charge in [0.2, 0.25) is 0 Å². The van der Waals surface area contributed by atoms with Crippen molar-refractivity contribution >= 4 is 22.6 Å². The molecule has 1 aliphatic rings. The summed E-state index contributed by atoms with van der Waals surface area (Å²) in [5, 5.41) is 11.1. The number of aromatic amines is 1. The lowest BCUT2D eigenvalue weighted by atomic mass is 10.1. The molecule has 0 aliphatic carbocycles. The van der Waals surface area contributed by atoms with Crippen molar-refractivity contribution in [3.63, 3.8) is 0 Å². The van der Waals surface area contributed by atoms with Gasteiger partial charge in [0.15, 0.2) is 5.69 Å². The topological polar surface area (TPSA) is 86.8 Å². The summed E-state index contributed by atoms with van der Waals surface area (Å²) in [6.07, 6.45) is 1.85. The van der Waals surface area contributed by atoms with E-state index in [1.54, 1.807) is 0 Å². The molecule has 128 valence electrons. The van der Waals surface area contributed by atoms with Gasteiger partial charge < -0.3 is 10.2 Å². The number of carbonyl (C=O) groups excluding carboxylic acids is 1. The van der Waals surface area contributed by atoms with Gasteiger partial charge >= 0.3 is 0 Å². The lowest BCUT2D eigenvalue weighted by molar-refractivity contribution is 0.0728. The number of anilines is 1. The maximum absolute atomic E-state index is 13.1. The standard InChI is InChI=1S/C18H20N6O/c1-11-20-14(10-16(19-2)21-11)15-8-5-9-24(15)18(25)17-12-6-3-4-7-13(12)22-23-17/h3-4,6-7,10,15H,5,8-9H2,1-2H3,(H,22,23)(H,19,20,21). The van der Waals surface area contributed by atoms with E-state index in [9.17, 15) is 4.79 Å². The number of aryl methyl sites for hydroxylation is 1. The molecule has 7 heteroatoms. The van der Waals surface area contributed by atoms with Crippen LogP contribution in [0.25, 0.3) is 10.9 Å². The third-order valence-electron chi connectivity index (χ3n) is 4.64. The fourth-order valence-corrected chi connectivity index (χ4v) is 3.47. The molecule has 1 aliphatic heterocycles. The number of fused-ring (bicyclic) bond motifs is 1. The van der Waals surface area contributed by atoms with Crippen molar-refractivity contribution in [3.05, 3.63) is 47.5 Å². The van der Waals surface area contributed by atoms with Crippen LogP contribution in [0.3, 0.4) is 0 Å². The number of amides is 1.